The van der Waals surface area contributed by atoms with Crippen LogP contribution in [0.25, 0.3) is 0 Å². The molecule has 0 saturated carbocycles. The monoisotopic (exact) mass is 309 g/mol. The summed E-state index contributed by atoms with van der Waals surface area (Å²) in [6.07, 6.45) is 4.22. The molecule has 3 N–H and O–H groups in total. The van der Waals surface area contributed by atoms with E-state index in [4.69, 9.17) is 17.3 Å². The Morgan fingerprint density at radius 1 is 1.61 bits per heavy atom. The van der Waals surface area contributed by atoms with E-state index in [0.717, 1.165) is 11.4 Å². The predicted octanol–water partition coefficient (Wildman–Crippen LogP) is 1.85. The molecule has 1 atom stereocenters. The van der Waals surface area contributed by atoms with Gasteiger partial charge in [-0.05, 0) is 30.6 Å². The van der Waals surface area contributed by atoms with Gasteiger partial charge in [-0.25, -0.2) is 0 Å². The first-order valence-electron chi connectivity index (χ1n) is 5.26. The highest BCUT2D eigenvalue weighted by molar-refractivity contribution is 7.98. The molecule has 0 bridgehead atoms. The summed E-state index contributed by atoms with van der Waals surface area (Å²) < 4.78 is 0. The van der Waals surface area contributed by atoms with Gasteiger partial charge in [0.1, 0.15) is 0 Å². The quantitative estimate of drug-likeness (QED) is 0.841. The maximum atomic E-state index is 11.6. The molecule has 4 nitrogen and oxygen atoms in total. The number of rotatable bonds is 6. The number of carbonyl (C=O) groups excluding carboxylic acids is 1. The highest BCUT2D eigenvalue weighted by Gasteiger charge is 2.12. The molecule has 18 heavy (non-hydrogen) atoms. The molecule has 7 heteroatoms. The molecule has 1 unspecified atom stereocenters. The van der Waals surface area contributed by atoms with Crippen LogP contribution in [0.15, 0.2) is 18.3 Å². The molecule has 0 aromatic carbocycles. The first kappa shape index (κ1) is 17.5. The molecule has 0 aliphatic rings. The van der Waals surface area contributed by atoms with E-state index in [2.05, 4.69) is 10.3 Å². The van der Waals surface area contributed by atoms with Gasteiger partial charge in [-0.2, -0.15) is 11.8 Å². The lowest BCUT2D eigenvalue weighted by molar-refractivity contribution is -0.122. The Morgan fingerprint density at radius 2 is 2.33 bits per heavy atom. The zero-order valence-corrected chi connectivity index (χ0v) is 12.4. The summed E-state index contributed by atoms with van der Waals surface area (Å²) >= 11 is 7.39. The van der Waals surface area contributed by atoms with Gasteiger partial charge in [-0.15, -0.1) is 12.4 Å². The van der Waals surface area contributed by atoms with Gasteiger partial charge >= 0.3 is 0 Å². The maximum absolute atomic E-state index is 11.6. The SMILES string of the molecule is CSCCC(N)C(=O)NCc1ccc(Cl)cn1.Cl. The van der Waals surface area contributed by atoms with Gasteiger partial charge in [0.2, 0.25) is 5.91 Å². The van der Waals surface area contributed by atoms with Crippen LogP contribution >= 0.6 is 35.8 Å². The highest BCUT2D eigenvalue weighted by atomic mass is 35.5. The predicted molar refractivity (Wildman–Crippen MR) is 79.3 cm³/mol. The minimum atomic E-state index is -0.449. The number of pyridine rings is 1. The summed E-state index contributed by atoms with van der Waals surface area (Å²) in [6.45, 7) is 0.378. The molecular weight excluding hydrogens is 293 g/mol. The Kier molecular flexibility index (Phi) is 9.18. The summed E-state index contributed by atoms with van der Waals surface area (Å²) in [7, 11) is 0. The number of aromatic nitrogens is 1. The summed E-state index contributed by atoms with van der Waals surface area (Å²) in [4.78, 5) is 15.7. The van der Waals surface area contributed by atoms with Crippen molar-refractivity contribution in [2.45, 2.75) is 19.0 Å². The van der Waals surface area contributed by atoms with E-state index < -0.39 is 6.04 Å². The van der Waals surface area contributed by atoms with Crippen LogP contribution in [0, 0.1) is 0 Å². The molecular formula is C11H17Cl2N3OS. The van der Waals surface area contributed by atoms with Crippen molar-refractivity contribution in [2.75, 3.05) is 12.0 Å². The molecule has 0 aliphatic carbocycles. The van der Waals surface area contributed by atoms with E-state index in [0.29, 0.717) is 18.0 Å². The van der Waals surface area contributed by atoms with E-state index in [-0.39, 0.29) is 18.3 Å². The fourth-order valence-electron chi connectivity index (χ4n) is 1.20. The van der Waals surface area contributed by atoms with Crippen molar-refractivity contribution in [2.24, 2.45) is 5.73 Å². The van der Waals surface area contributed by atoms with Crippen molar-refractivity contribution < 1.29 is 4.79 Å². The van der Waals surface area contributed by atoms with Crippen LogP contribution in [0.2, 0.25) is 5.02 Å². The molecule has 0 radical (unpaired) electrons. The van der Waals surface area contributed by atoms with Gasteiger partial charge in [0.25, 0.3) is 0 Å². The number of amides is 1. The Bertz CT molecular complexity index is 362. The second kappa shape index (κ2) is 9.44. The molecule has 1 aromatic heterocycles. The third-order valence-electron chi connectivity index (χ3n) is 2.20. The number of nitrogens with zero attached hydrogens (tertiary/aromatic N) is 1. The standard InChI is InChI=1S/C11H16ClN3OS.ClH/c1-17-5-4-10(13)11(16)15-7-9-3-2-8(12)6-14-9;/h2-3,6,10H,4-5,7,13H2,1H3,(H,15,16);1H. The van der Waals surface area contributed by atoms with Crippen LogP contribution in [0.5, 0.6) is 0 Å². The summed E-state index contributed by atoms with van der Waals surface area (Å²) in [5.41, 5.74) is 6.49. The van der Waals surface area contributed by atoms with Crippen LogP contribution in [-0.2, 0) is 11.3 Å². The maximum Gasteiger partial charge on any atom is 0.237 e. The second-order valence-corrected chi connectivity index (χ2v) is 5.00. The first-order chi connectivity index (χ1) is 8.13. The minimum absolute atomic E-state index is 0. The van der Waals surface area contributed by atoms with Gasteiger partial charge < -0.3 is 11.1 Å². The van der Waals surface area contributed by atoms with Crippen LogP contribution < -0.4 is 11.1 Å². The highest BCUT2D eigenvalue weighted by Crippen LogP contribution is 2.06. The summed E-state index contributed by atoms with van der Waals surface area (Å²) in [5.74, 6) is 0.740. The molecule has 1 aromatic rings. The van der Waals surface area contributed by atoms with Crippen molar-refractivity contribution in [3.63, 3.8) is 0 Å². The van der Waals surface area contributed by atoms with E-state index in [1.807, 2.05) is 6.26 Å². The summed E-state index contributed by atoms with van der Waals surface area (Å²) in [6, 6.07) is 3.06. The van der Waals surface area contributed by atoms with Crippen molar-refractivity contribution in [3.05, 3.63) is 29.0 Å². The van der Waals surface area contributed by atoms with E-state index >= 15 is 0 Å². The number of halogens is 2. The third kappa shape index (κ3) is 6.44. The number of nitrogens with one attached hydrogen (secondary N) is 1. The van der Waals surface area contributed by atoms with Gasteiger partial charge in [-0.3, -0.25) is 9.78 Å². The minimum Gasteiger partial charge on any atom is -0.349 e. The smallest absolute Gasteiger partial charge is 0.237 e. The average molecular weight is 310 g/mol. The fourth-order valence-corrected chi connectivity index (χ4v) is 1.80. The number of hydrogen-bond acceptors (Lipinski definition) is 4. The zero-order chi connectivity index (χ0) is 12.7. The number of carbonyl (C=O) groups is 1. The molecule has 1 heterocycles. The normalized spacial score (nSPS) is 11.5. The van der Waals surface area contributed by atoms with Crippen LogP contribution in [0.1, 0.15) is 12.1 Å². The van der Waals surface area contributed by atoms with Crippen LogP contribution in [-0.4, -0.2) is 28.9 Å². The molecule has 0 aliphatic heterocycles. The lowest BCUT2D eigenvalue weighted by Gasteiger charge is -2.11. The Hall–Kier alpha value is -0.490. The van der Waals surface area contributed by atoms with Crippen molar-refractivity contribution >= 4 is 41.7 Å². The lowest BCUT2D eigenvalue weighted by Crippen LogP contribution is -2.40. The van der Waals surface area contributed by atoms with Gasteiger partial charge in [0, 0.05) is 6.20 Å². The van der Waals surface area contributed by atoms with E-state index in [1.54, 1.807) is 30.1 Å². The average Bonchev–Trinajstić information content (AvgIpc) is 2.34. The van der Waals surface area contributed by atoms with Gasteiger partial charge in [-0.1, -0.05) is 11.6 Å². The van der Waals surface area contributed by atoms with E-state index in [9.17, 15) is 4.79 Å². The van der Waals surface area contributed by atoms with Gasteiger partial charge in [0.15, 0.2) is 0 Å². The molecule has 1 amide bonds. The Labute approximate surface area is 122 Å². The third-order valence-corrected chi connectivity index (χ3v) is 3.07. The molecule has 0 saturated heterocycles. The summed E-state index contributed by atoms with van der Waals surface area (Å²) in [5, 5.41) is 3.33. The first-order valence-corrected chi connectivity index (χ1v) is 7.03. The van der Waals surface area contributed by atoms with Crippen molar-refractivity contribution in [1.82, 2.24) is 10.3 Å². The zero-order valence-electron chi connectivity index (χ0n) is 10.1. The number of nitrogens with two attached hydrogens (primary N) is 1. The molecule has 0 spiro atoms. The fraction of sp³-hybridized carbons (Fsp3) is 0.455. The van der Waals surface area contributed by atoms with Crippen molar-refractivity contribution in [3.8, 4) is 0 Å². The Balaban J connectivity index is 0.00000289. The van der Waals surface area contributed by atoms with Gasteiger partial charge in [0.05, 0.1) is 23.3 Å². The molecule has 102 valence electrons. The largest absolute Gasteiger partial charge is 0.349 e. The topological polar surface area (TPSA) is 68.0 Å². The number of hydrogen-bond donors (Lipinski definition) is 2. The second-order valence-electron chi connectivity index (χ2n) is 3.57. The lowest BCUT2D eigenvalue weighted by atomic mass is 10.2. The van der Waals surface area contributed by atoms with E-state index in [1.165, 1.54) is 0 Å². The molecule has 1 rings (SSSR count). The van der Waals surface area contributed by atoms with Crippen molar-refractivity contribution in [1.29, 1.82) is 0 Å². The Morgan fingerprint density at radius 3 is 2.89 bits per heavy atom. The van der Waals surface area contributed by atoms with Crippen LogP contribution in [0.3, 0.4) is 0 Å². The molecule has 0 fully saturated rings. The number of thioether (sulfide) groups is 1. The van der Waals surface area contributed by atoms with Crippen LogP contribution in [0.4, 0.5) is 0 Å².